The number of carbonyl (C=O) groups excluding carboxylic acids is 1. The van der Waals surface area contributed by atoms with E-state index in [0.29, 0.717) is 0 Å². The number of anilines is 1. The number of nitrogens with zero attached hydrogens (tertiary/aromatic N) is 2. The first-order valence-corrected chi connectivity index (χ1v) is 7.12. The van der Waals surface area contributed by atoms with Crippen molar-refractivity contribution in [3.05, 3.63) is 29.3 Å². The second-order valence-electron chi connectivity index (χ2n) is 4.69. The molecule has 0 saturated carbocycles. The van der Waals surface area contributed by atoms with Crippen molar-refractivity contribution < 1.29 is 4.79 Å². The predicted molar refractivity (Wildman–Crippen MR) is 78.9 cm³/mol. The summed E-state index contributed by atoms with van der Waals surface area (Å²) in [5, 5.41) is 3.66. The van der Waals surface area contributed by atoms with E-state index in [1.165, 1.54) is 0 Å². The van der Waals surface area contributed by atoms with Gasteiger partial charge in [0.2, 0.25) is 0 Å². The van der Waals surface area contributed by atoms with Crippen LogP contribution in [-0.2, 0) is 0 Å². The molecule has 19 heavy (non-hydrogen) atoms. The highest BCUT2D eigenvalue weighted by Crippen LogP contribution is 2.20. The molecule has 1 N–H and O–H groups in total. The number of amides is 2. The van der Waals surface area contributed by atoms with Crippen LogP contribution in [0.3, 0.4) is 0 Å². The van der Waals surface area contributed by atoms with Crippen molar-refractivity contribution in [2.45, 2.75) is 13.3 Å². The Balaban J connectivity index is 1.87. The summed E-state index contributed by atoms with van der Waals surface area (Å²) in [6, 6.07) is 7.90. The summed E-state index contributed by atoms with van der Waals surface area (Å²) >= 11 is 6.00. The average Bonchev–Trinajstić information content (AvgIpc) is 2.45. The van der Waals surface area contributed by atoms with Crippen molar-refractivity contribution in [3.63, 3.8) is 0 Å². The Morgan fingerprint density at radius 2 is 2.05 bits per heavy atom. The molecule has 1 saturated heterocycles. The van der Waals surface area contributed by atoms with Gasteiger partial charge in [0.1, 0.15) is 0 Å². The van der Waals surface area contributed by atoms with Crippen LogP contribution in [0.4, 0.5) is 10.5 Å². The second kappa shape index (κ2) is 6.66. The maximum atomic E-state index is 11.8. The first-order valence-electron chi connectivity index (χ1n) is 6.74. The van der Waals surface area contributed by atoms with Crippen LogP contribution in [0, 0.1) is 0 Å². The molecule has 1 fully saturated rings. The third-order valence-electron chi connectivity index (χ3n) is 3.27. The largest absolute Gasteiger partial charge is 0.368 e. The van der Waals surface area contributed by atoms with Crippen LogP contribution in [0.1, 0.15) is 13.3 Å². The van der Waals surface area contributed by atoms with Crippen LogP contribution < -0.4 is 10.2 Å². The summed E-state index contributed by atoms with van der Waals surface area (Å²) in [5.41, 5.74) is 1.13. The first kappa shape index (κ1) is 14.0. The van der Waals surface area contributed by atoms with Crippen molar-refractivity contribution >= 4 is 23.3 Å². The fourth-order valence-corrected chi connectivity index (χ4v) is 2.37. The maximum absolute atomic E-state index is 11.8. The molecular weight excluding hydrogens is 262 g/mol. The number of nitrogens with one attached hydrogen (secondary N) is 1. The highest BCUT2D eigenvalue weighted by Gasteiger charge is 2.20. The van der Waals surface area contributed by atoms with Crippen LogP contribution >= 0.6 is 11.6 Å². The lowest BCUT2D eigenvalue weighted by Crippen LogP contribution is -2.52. The van der Waals surface area contributed by atoms with E-state index in [1.54, 1.807) is 0 Å². The average molecular weight is 282 g/mol. The van der Waals surface area contributed by atoms with E-state index in [0.717, 1.165) is 49.9 Å². The van der Waals surface area contributed by atoms with E-state index in [4.69, 9.17) is 11.6 Å². The minimum atomic E-state index is 0.0487. The number of benzene rings is 1. The number of hydrogen-bond donors (Lipinski definition) is 1. The van der Waals surface area contributed by atoms with Crippen molar-refractivity contribution in [1.29, 1.82) is 0 Å². The molecule has 1 aromatic rings. The van der Waals surface area contributed by atoms with E-state index < -0.39 is 0 Å². The highest BCUT2D eigenvalue weighted by atomic mass is 35.5. The van der Waals surface area contributed by atoms with Gasteiger partial charge in [-0.1, -0.05) is 24.6 Å². The topological polar surface area (TPSA) is 35.6 Å². The van der Waals surface area contributed by atoms with Gasteiger partial charge in [0.15, 0.2) is 0 Å². The molecule has 5 heteroatoms. The number of piperazine rings is 1. The summed E-state index contributed by atoms with van der Waals surface area (Å²) < 4.78 is 0. The van der Waals surface area contributed by atoms with Gasteiger partial charge in [-0.25, -0.2) is 4.79 Å². The van der Waals surface area contributed by atoms with Crippen LogP contribution in [0.2, 0.25) is 5.02 Å². The number of hydrogen-bond acceptors (Lipinski definition) is 2. The Morgan fingerprint density at radius 3 is 2.68 bits per heavy atom. The number of carbonyl (C=O) groups is 1. The molecule has 1 aliphatic rings. The van der Waals surface area contributed by atoms with Gasteiger partial charge in [0, 0.05) is 43.4 Å². The quantitative estimate of drug-likeness (QED) is 0.924. The van der Waals surface area contributed by atoms with Crippen molar-refractivity contribution in [2.75, 3.05) is 37.6 Å². The van der Waals surface area contributed by atoms with Gasteiger partial charge in [0.25, 0.3) is 0 Å². The third kappa shape index (κ3) is 3.77. The molecule has 0 aromatic heterocycles. The zero-order chi connectivity index (χ0) is 13.7. The lowest BCUT2D eigenvalue weighted by Gasteiger charge is -2.36. The minimum absolute atomic E-state index is 0.0487. The van der Waals surface area contributed by atoms with E-state index in [-0.39, 0.29) is 6.03 Å². The summed E-state index contributed by atoms with van der Waals surface area (Å²) in [6.07, 6.45) is 0.966. The Kier molecular flexibility index (Phi) is 4.91. The summed E-state index contributed by atoms with van der Waals surface area (Å²) in [6.45, 7) is 5.99. The van der Waals surface area contributed by atoms with Gasteiger partial charge < -0.3 is 15.1 Å². The third-order valence-corrected chi connectivity index (χ3v) is 3.50. The van der Waals surface area contributed by atoms with E-state index in [2.05, 4.69) is 23.2 Å². The molecule has 1 heterocycles. The van der Waals surface area contributed by atoms with E-state index in [9.17, 15) is 4.79 Å². The molecule has 104 valence electrons. The Morgan fingerprint density at radius 1 is 1.32 bits per heavy atom. The number of urea groups is 1. The maximum Gasteiger partial charge on any atom is 0.317 e. The lowest BCUT2D eigenvalue weighted by molar-refractivity contribution is 0.194. The van der Waals surface area contributed by atoms with Gasteiger partial charge in [-0.15, -0.1) is 0 Å². The SMILES string of the molecule is CCCNC(=O)N1CCN(c2cccc(Cl)c2)CC1. The van der Waals surface area contributed by atoms with Gasteiger partial charge in [-0.2, -0.15) is 0 Å². The normalized spacial score (nSPS) is 15.5. The monoisotopic (exact) mass is 281 g/mol. The van der Waals surface area contributed by atoms with E-state index >= 15 is 0 Å². The Labute approximate surface area is 119 Å². The molecule has 0 aliphatic carbocycles. The van der Waals surface area contributed by atoms with E-state index in [1.807, 2.05) is 23.1 Å². The Hall–Kier alpha value is -1.42. The van der Waals surface area contributed by atoms with Gasteiger partial charge in [0.05, 0.1) is 0 Å². The molecular formula is C14H20ClN3O. The Bertz CT molecular complexity index is 430. The van der Waals surface area contributed by atoms with Crippen LogP contribution in [0.5, 0.6) is 0 Å². The molecule has 0 bridgehead atoms. The van der Waals surface area contributed by atoms with Gasteiger partial charge >= 0.3 is 6.03 Å². The van der Waals surface area contributed by atoms with Gasteiger partial charge in [-0.3, -0.25) is 0 Å². The zero-order valence-corrected chi connectivity index (χ0v) is 12.0. The molecule has 0 unspecified atom stereocenters. The molecule has 4 nitrogen and oxygen atoms in total. The predicted octanol–water partition coefficient (Wildman–Crippen LogP) is 2.58. The van der Waals surface area contributed by atoms with Crippen molar-refractivity contribution in [1.82, 2.24) is 10.2 Å². The molecule has 1 aromatic carbocycles. The second-order valence-corrected chi connectivity index (χ2v) is 5.12. The summed E-state index contributed by atoms with van der Waals surface area (Å²) in [7, 11) is 0. The van der Waals surface area contributed by atoms with Crippen LogP contribution in [0.25, 0.3) is 0 Å². The highest BCUT2D eigenvalue weighted by molar-refractivity contribution is 6.30. The molecule has 2 rings (SSSR count). The summed E-state index contributed by atoms with van der Waals surface area (Å²) in [5.74, 6) is 0. The fraction of sp³-hybridized carbons (Fsp3) is 0.500. The smallest absolute Gasteiger partial charge is 0.317 e. The number of halogens is 1. The van der Waals surface area contributed by atoms with Crippen molar-refractivity contribution in [3.8, 4) is 0 Å². The molecule has 2 amide bonds. The van der Waals surface area contributed by atoms with Crippen molar-refractivity contribution in [2.24, 2.45) is 0 Å². The first-order chi connectivity index (χ1) is 9.20. The standard InChI is InChI=1S/C14H20ClN3O/c1-2-6-16-14(19)18-9-7-17(8-10-18)13-5-3-4-12(15)11-13/h3-5,11H,2,6-10H2,1H3,(H,16,19). The fourth-order valence-electron chi connectivity index (χ4n) is 2.18. The molecule has 1 aliphatic heterocycles. The summed E-state index contributed by atoms with van der Waals surface area (Å²) in [4.78, 5) is 16.0. The molecule has 0 spiro atoms. The van der Waals surface area contributed by atoms with Crippen LogP contribution in [0.15, 0.2) is 24.3 Å². The van der Waals surface area contributed by atoms with Crippen LogP contribution in [-0.4, -0.2) is 43.7 Å². The molecule has 0 radical (unpaired) electrons. The minimum Gasteiger partial charge on any atom is -0.368 e. The molecule has 0 atom stereocenters. The van der Waals surface area contributed by atoms with Gasteiger partial charge in [-0.05, 0) is 24.6 Å². The zero-order valence-electron chi connectivity index (χ0n) is 11.2. The number of rotatable bonds is 3. The lowest BCUT2D eigenvalue weighted by atomic mass is 10.2.